The standard InChI is InChI=1S/C11H19NO2Si/c1-9(2)10-8-14-11(13)12(10)6-7-15(3,4)5/h9-10H,8H2,1-5H3. The highest BCUT2D eigenvalue weighted by molar-refractivity contribution is 6.83. The van der Waals surface area contributed by atoms with Crippen molar-refractivity contribution in [2.45, 2.75) is 39.5 Å². The average Bonchev–Trinajstić information content (AvgIpc) is 2.42. The zero-order valence-corrected chi connectivity index (χ0v) is 11.1. The van der Waals surface area contributed by atoms with E-state index in [1.54, 1.807) is 4.90 Å². The number of rotatable bonds is 1. The van der Waals surface area contributed by atoms with Gasteiger partial charge < -0.3 is 4.74 Å². The molecular weight excluding hydrogens is 206 g/mol. The van der Waals surface area contributed by atoms with Gasteiger partial charge in [-0.05, 0) is 5.92 Å². The summed E-state index contributed by atoms with van der Waals surface area (Å²) < 4.78 is 5.00. The van der Waals surface area contributed by atoms with E-state index < -0.39 is 8.07 Å². The zero-order valence-electron chi connectivity index (χ0n) is 10.1. The fourth-order valence-electron chi connectivity index (χ4n) is 1.28. The van der Waals surface area contributed by atoms with Crippen molar-refractivity contribution in [3.05, 3.63) is 0 Å². The lowest BCUT2D eigenvalue weighted by molar-refractivity contribution is 0.167. The van der Waals surface area contributed by atoms with Crippen LogP contribution in [0.5, 0.6) is 0 Å². The van der Waals surface area contributed by atoms with Crippen LogP contribution in [-0.2, 0) is 4.74 Å². The van der Waals surface area contributed by atoms with E-state index in [1.807, 2.05) is 0 Å². The van der Waals surface area contributed by atoms with E-state index >= 15 is 0 Å². The third-order valence-electron chi connectivity index (χ3n) is 2.23. The Morgan fingerprint density at radius 2 is 2.07 bits per heavy atom. The first-order valence-corrected chi connectivity index (χ1v) is 8.80. The summed E-state index contributed by atoms with van der Waals surface area (Å²) in [4.78, 5) is 13.0. The normalized spacial score (nSPS) is 21.3. The van der Waals surface area contributed by atoms with Gasteiger partial charge in [-0.15, -0.1) is 5.54 Å². The van der Waals surface area contributed by atoms with Gasteiger partial charge in [-0.1, -0.05) is 33.5 Å². The highest BCUT2D eigenvalue weighted by Gasteiger charge is 2.34. The molecule has 0 saturated carbocycles. The Kier molecular flexibility index (Phi) is 3.45. The minimum atomic E-state index is -1.43. The number of hydrogen-bond donors (Lipinski definition) is 0. The first-order valence-electron chi connectivity index (χ1n) is 5.30. The van der Waals surface area contributed by atoms with Crippen LogP contribution >= 0.6 is 0 Å². The molecule has 1 unspecified atom stereocenters. The van der Waals surface area contributed by atoms with E-state index in [1.165, 1.54) is 0 Å². The van der Waals surface area contributed by atoms with Crippen molar-refractivity contribution >= 4 is 14.2 Å². The van der Waals surface area contributed by atoms with Crippen LogP contribution in [0, 0.1) is 17.5 Å². The molecule has 1 rings (SSSR count). The van der Waals surface area contributed by atoms with Gasteiger partial charge in [0.1, 0.15) is 14.7 Å². The number of nitrogens with zero attached hydrogens (tertiary/aromatic N) is 1. The maximum Gasteiger partial charge on any atom is 0.421 e. The van der Waals surface area contributed by atoms with E-state index in [9.17, 15) is 4.79 Å². The van der Waals surface area contributed by atoms with Crippen LogP contribution in [0.1, 0.15) is 13.8 Å². The zero-order chi connectivity index (χ0) is 11.6. The molecule has 1 aliphatic heterocycles. The van der Waals surface area contributed by atoms with Crippen molar-refractivity contribution in [2.75, 3.05) is 6.61 Å². The molecule has 0 spiro atoms. The molecule has 0 aliphatic carbocycles. The van der Waals surface area contributed by atoms with Crippen molar-refractivity contribution in [1.82, 2.24) is 4.90 Å². The lowest BCUT2D eigenvalue weighted by atomic mass is 10.1. The first kappa shape index (κ1) is 12.1. The fraction of sp³-hybridized carbons (Fsp3) is 0.727. The van der Waals surface area contributed by atoms with E-state index in [0.717, 1.165) is 0 Å². The maximum atomic E-state index is 11.4. The second-order valence-corrected chi connectivity index (χ2v) is 10.00. The van der Waals surface area contributed by atoms with Crippen molar-refractivity contribution in [3.8, 4) is 11.6 Å². The quantitative estimate of drug-likeness (QED) is 0.506. The number of ether oxygens (including phenoxy) is 1. The molecule has 15 heavy (non-hydrogen) atoms. The Morgan fingerprint density at radius 1 is 1.47 bits per heavy atom. The van der Waals surface area contributed by atoms with Gasteiger partial charge in [-0.2, -0.15) is 0 Å². The topological polar surface area (TPSA) is 29.5 Å². The molecule has 84 valence electrons. The molecule has 3 nitrogen and oxygen atoms in total. The Balaban J connectivity index is 2.81. The van der Waals surface area contributed by atoms with Gasteiger partial charge in [0.15, 0.2) is 0 Å². The van der Waals surface area contributed by atoms with E-state index in [4.69, 9.17) is 4.74 Å². The second kappa shape index (κ2) is 4.27. The molecule has 0 N–H and O–H groups in total. The highest BCUT2D eigenvalue weighted by atomic mass is 28.3. The molecule has 1 heterocycles. The van der Waals surface area contributed by atoms with E-state index in [-0.39, 0.29) is 12.1 Å². The fourth-order valence-corrected chi connectivity index (χ4v) is 1.74. The minimum absolute atomic E-state index is 0.112. The van der Waals surface area contributed by atoms with Crippen LogP contribution in [0.4, 0.5) is 4.79 Å². The van der Waals surface area contributed by atoms with E-state index in [0.29, 0.717) is 12.5 Å². The predicted octanol–water partition coefficient (Wildman–Crippen LogP) is 2.30. The van der Waals surface area contributed by atoms with Crippen LogP contribution in [0.2, 0.25) is 19.6 Å². The molecule has 1 aliphatic rings. The molecular formula is C11H19NO2Si. The van der Waals surface area contributed by atoms with Gasteiger partial charge in [-0.3, -0.25) is 0 Å². The Labute approximate surface area is 92.8 Å². The molecule has 1 fully saturated rings. The molecule has 4 heteroatoms. The Morgan fingerprint density at radius 3 is 2.53 bits per heavy atom. The lowest BCUT2D eigenvalue weighted by Crippen LogP contribution is -2.34. The number of amides is 1. The van der Waals surface area contributed by atoms with Crippen LogP contribution in [0.3, 0.4) is 0 Å². The summed E-state index contributed by atoms with van der Waals surface area (Å²) in [7, 11) is -1.43. The highest BCUT2D eigenvalue weighted by Crippen LogP contribution is 2.18. The lowest BCUT2D eigenvalue weighted by Gasteiger charge is -2.18. The molecule has 0 aromatic rings. The van der Waals surface area contributed by atoms with Crippen molar-refractivity contribution in [1.29, 1.82) is 0 Å². The smallest absolute Gasteiger partial charge is 0.421 e. The van der Waals surface area contributed by atoms with Crippen molar-refractivity contribution < 1.29 is 9.53 Å². The summed E-state index contributed by atoms with van der Waals surface area (Å²) in [6, 6.07) is 3.09. The summed E-state index contributed by atoms with van der Waals surface area (Å²) in [6.45, 7) is 11.1. The van der Waals surface area contributed by atoms with E-state index in [2.05, 4.69) is 45.1 Å². The summed E-state index contributed by atoms with van der Waals surface area (Å²) in [6.07, 6.45) is -0.292. The first-order chi connectivity index (χ1) is 6.81. The Bertz CT molecular complexity index is 309. The summed E-state index contributed by atoms with van der Waals surface area (Å²) in [5.41, 5.74) is 3.19. The minimum Gasteiger partial charge on any atom is -0.446 e. The molecule has 0 aromatic heterocycles. The predicted molar refractivity (Wildman–Crippen MR) is 62.9 cm³/mol. The SMILES string of the molecule is CC(C)C1COC(=O)N1C#C[Si](C)(C)C. The van der Waals surface area contributed by atoms with Gasteiger partial charge in [0.2, 0.25) is 0 Å². The van der Waals surface area contributed by atoms with Crippen molar-refractivity contribution in [3.63, 3.8) is 0 Å². The van der Waals surface area contributed by atoms with Gasteiger partial charge in [0, 0.05) is 6.04 Å². The van der Waals surface area contributed by atoms with Crippen LogP contribution in [0.25, 0.3) is 0 Å². The number of carbonyl (C=O) groups excluding carboxylic acids is 1. The van der Waals surface area contributed by atoms with Crippen LogP contribution in [0.15, 0.2) is 0 Å². The number of carbonyl (C=O) groups is 1. The van der Waals surface area contributed by atoms with Crippen LogP contribution < -0.4 is 0 Å². The third-order valence-corrected chi connectivity index (χ3v) is 3.09. The largest absolute Gasteiger partial charge is 0.446 e. The molecule has 0 aromatic carbocycles. The third kappa shape index (κ3) is 3.28. The summed E-state index contributed by atoms with van der Waals surface area (Å²) in [5, 5.41) is 0. The number of cyclic esters (lactones) is 1. The summed E-state index contributed by atoms with van der Waals surface area (Å²) >= 11 is 0. The average molecular weight is 225 g/mol. The van der Waals surface area contributed by atoms with Crippen molar-refractivity contribution in [2.24, 2.45) is 5.92 Å². The monoisotopic (exact) mass is 225 g/mol. The second-order valence-electron chi connectivity index (χ2n) is 5.25. The molecule has 1 amide bonds. The summed E-state index contributed by atoms with van der Waals surface area (Å²) in [5.74, 6) is 0.382. The van der Waals surface area contributed by atoms with Crippen LogP contribution in [-0.4, -0.2) is 31.7 Å². The maximum absolute atomic E-state index is 11.4. The van der Waals surface area contributed by atoms with Gasteiger partial charge in [-0.25, -0.2) is 9.69 Å². The van der Waals surface area contributed by atoms with Gasteiger partial charge in [0.05, 0.1) is 6.04 Å². The van der Waals surface area contributed by atoms with Gasteiger partial charge >= 0.3 is 6.09 Å². The molecule has 0 radical (unpaired) electrons. The Hall–Kier alpha value is -0.953. The molecule has 1 atom stereocenters. The molecule has 0 bridgehead atoms. The number of hydrogen-bond acceptors (Lipinski definition) is 2. The van der Waals surface area contributed by atoms with Gasteiger partial charge in [0.25, 0.3) is 0 Å². The molecule has 1 saturated heterocycles.